The minimum Gasteiger partial charge on any atom is -0.481 e. The summed E-state index contributed by atoms with van der Waals surface area (Å²) >= 11 is 0. The highest BCUT2D eigenvalue weighted by molar-refractivity contribution is 5.67. The predicted octanol–water partition coefficient (Wildman–Crippen LogP) is 1.97. The molecule has 0 unspecified atom stereocenters. The highest BCUT2D eigenvalue weighted by Gasteiger charge is 2.30. The molecule has 0 aliphatic carbocycles. The van der Waals surface area contributed by atoms with Crippen molar-refractivity contribution in [3.05, 3.63) is 0 Å². The molecule has 1 heterocycles. The van der Waals surface area contributed by atoms with Crippen LogP contribution in [0.25, 0.3) is 0 Å². The summed E-state index contributed by atoms with van der Waals surface area (Å²) in [6.45, 7) is 7.64. The lowest BCUT2D eigenvalue weighted by molar-refractivity contribution is -0.139. The van der Waals surface area contributed by atoms with Gasteiger partial charge in [-0.2, -0.15) is 0 Å². The number of aliphatic carboxylic acids is 1. The van der Waals surface area contributed by atoms with Crippen molar-refractivity contribution in [2.45, 2.75) is 52.1 Å². The van der Waals surface area contributed by atoms with Crippen LogP contribution in [0, 0.1) is 5.92 Å². The topological polar surface area (TPSA) is 40.5 Å². The lowest BCUT2D eigenvalue weighted by Crippen LogP contribution is -2.47. The molecule has 0 radical (unpaired) electrons. The normalized spacial score (nSPS) is 29.4. The predicted molar refractivity (Wildman–Crippen MR) is 56.3 cm³/mol. The molecule has 1 fully saturated rings. The summed E-state index contributed by atoms with van der Waals surface area (Å²) in [6.07, 6.45) is 2.53. The number of nitrogens with zero attached hydrogens (tertiary/aromatic N) is 1. The standard InChI is InChI=1S/C11H21NO2/c1-8(2)12-6-4-5-10(9(12)3)7-11(13)14/h8-10H,4-7H2,1-3H3,(H,13,14)/t9-,10-/m1/s1. The van der Waals surface area contributed by atoms with E-state index in [9.17, 15) is 4.79 Å². The Balaban J connectivity index is 2.56. The zero-order valence-corrected chi connectivity index (χ0v) is 9.36. The molecule has 0 saturated carbocycles. The minimum atomic E-state index is -0.660. The molecule has 0 aromatic heterocycles. The summed E-state index contributed by atoms with van der Waals surface area (Å²) in [7, 11) is 0. The second kappa shape index (κ2) is 4.78. The Bertz CT molecular complexity index is 203. The van der Waals surface area contributed by atoms with Crippen LogP contribution in [0.3, 0.4) is 0 Å². The molecule has 14 heavy (non-hydrogen) atoms. The van der Waals surface area contributed by atoms with Crippen molar-refractivity contribution in [3.8, 4) is 0 Å². The highest BCUT2D eigenvalue weighted by atomic mass is 16.4. The number of carboxylic acid groups (broad SMARTS) is 1. The van der Waals surface area contributed by atoms with Crippen molar-refractivity contribution in [1.82, 2.24) is 4.90 Å². The van der Waals surface area contributed by atoms with Gasteiger partial charge in [0.25, 0.3) is 0 Å². The van der Waals surface area contributed by atoms with E-state index in [1.807, 2.05) is 0 Å². The molecule has 3 nitrogen and oxygen atoms in total. The first-order valence-corrected chi connectivity index (χ1v) is 5.50. The largest absolute Gasteiger partial charge is 0.481 e. The third kappa shape index (κ3) is 2.71. The summed E-state index contributed by atoms with van der Waals surface area (Å²) in [5.74, 6) is -0.323. The fraction of sp³-hybridized carbons (Fsp3) is 0.909. The van der Waals surface area contributed by atoms with Gasteiger partial charge in [0.05, 0.1) is 0 Å². The van der Waals surface area contributed by atoms with E-state index in [0.717, 1.165) is 19.4 Å². The fourth-order valence-corrected chi connectivity index (χ4v) is 2.48. The van der Waals surface area contributed by atoms with Crippen LogP contribution in [0.15, 0.2) is 0 Å². The van der Waals surface area contributed by atoms with Crippen molar-refractivity contribution >= 4 is 5.97 Å². The summed E-state index contributed by atoms with van der Waals surface area (Å²) in [4.78, 5) is 13.1. The van der Waals surface area contributed by atoms with E-state index in [1.165, 1.54) is 0 Å². The Kier molecular flexibility index (Phi) is 3.93. The number of piperidine rings is 1. The van der Waals surface area contributed by atoms with E-state index < -0.39 is 5.97 Å². The average molecular weight is 199 g/mol. The van der Waals surface area contributed by atoms with E-state index in [-0.39, 0.29) is 0 Å². The van der Waals surface area contributed by atoms with Crippen LogP contribution in [-0.4, -0.2) is 34.6 Å². The Hall–Kier alpha value is -0.570. The van der Waals surface area contributed by atoms with Gasteiger partial charge in [0.15, 0.2) is 0 Å². The first kappa shape index (κ1) is 11.5. The number of likely N-dealkylation sites (tertiary alicyclic amines) is 1. The van der Waals surface area contributed by atoms with Gasteiger partial charge < -0.3 is 5.11 Å². The van der Waals surface area contributed by atoms with Gasteiger partial charge in [-0.15, -0.1) is 0 Å². The first-order valence-electron chi connectivity index (χ1n) is 5.50. The van der Waals surface area contributed by atoms with E-state index in [4.69, 9.17) is 5.11 Å². The molecule has 1 rings (SSSR count). The van der Waals surface area contributed by atoms with Crippen molar-refractivity contribution in [1.29, 1.82) is 0 Å². The van der Waals surface area contributed by atoms with Crippen molar-refractivity contribution in [3.63, 3.8) is 0 Å². The van der Waals surface area contributed by atoms with Gasteiger partial charge in [-0.05, 0) is 46.1 Å². The molecule has 1 N–H and O–H groups in total. The Morgan fingerprint density at radius 1 is 1.57 bits per heavy atom. The number of hydrogen-bond donors (Lipinski definition) is 1. The highest BCUT2D eigenvalue weighted by Crippen LogP contribution is 2.27. The van der Waals surface area contributed by atoms with E-state index in [0.29, 0.717) is 24.4 Å². The van der Waals surface area contributed by atoms with E-state index in [2.05, 4.69) is 25.7 Å². The molecule has 82 valence electrons. The second-order valence-corrected chi connectivity index (χ2v) is 4.57. The van der Waals surface area contributed by atoms with Gasteiger partial charge in [-0.25, -0.2) is 0 Å². The lowest BCUT2D eigenvalue weighted by Gasteiger charge is -2.41. The van der Waals surface area contributed by atoms with Crippen LogP contribution in [0.4, 0.5) is 0 Å². The molecule has 0 aromatic rings. The smallest absolute Gasteiger partial charge is 0.303 e. The zero-order valence-electron chi connectivity index (χ0n) is 9.36. The Morgan fingerprint density at radius 3 is 2.71 bits per heavy atom. The van der Waals surface area contributed by atoms with E-state index in [1.54, 1.807) is 0 Å². The molecule has 1 aliphatic rings. The summed E-state index contributed by atoms with van der Waals surface area (Å²) in [6, 6.07) is 0.946. The van der Waals surface area contributed by atoms with Gasteiger partial charge in [0.1, 0.15) is 0 Å². The van der Waals surface area contributed by atoms with Crippen LogP contribution in [0.2, 0.25) is 0 Å². The first-order chi connectivity index (χ1) is 6.52. The third-order valence-corrected chi connectivity index (χ3v) is 3.30. The maximum absolute atomic E-state index is 10.7. The van der Waals surface area contributed by atoms with Crippen LogP contribution in [0.5, 0.6) is 0 Å². The van der Waals surface area contributed by atoms with Crippen molar-refractivity contribution in [2.24, 2.45) is 5.92 Å². The maximum atomic E-state index is 10.7. The quantitative estimate of drug-likeness (QED) is 0.755. The molecule has 2 atom stereocenters. The zero-order chi connectivity index (χ0) is 10.7. The van der Waals surface area contributed by atoms with E-state index >= 15 is 0 Å². The van der Waals surface area contributed by atoms with Gasteiger partial charge in [0, 0.05) is 18.5 Å². The van der Waals surface area contributed by atoms with Gasteiger partial charge >= 0.3 is 5.97 Å². The fourth-order valence-electron chi connectivity index (χ4n) is 2.48. The average Bonchev–Trinajstić information content (AvgIpc) is 2.07. The number of carboxylic acids is 1. The van der Waals surface area contributed by atoms with Crippen LogP contribution in [0.1, 0.15) is 40.0 Å². The molecular weight excluding hydrogens is 178 g/mol. The number of hydrogen-bond acceptors (Lipinski definition) is 2. The molecule has 0 spiro atoms. The summed E-state index contributed by atoms with van der Waals surface area (Å²) in [5.41, 5.74) is 0. The van der Waals surface area contributed by atoms with Crippen LogP contribution < -0.4 is 0 Å². The van der Waals surface area contributed by atoms with Gasteiger partial charge in [-0.1, -0.05) is 0 Å². The molecule has 0 amide bonds. The molecule has 1 saturated heterocycles. The van der Waals surface area contributed by atoms with Crippen LogP contribution >= 0.6 is 0 Å². The lowest BCUT2D eigenvalue weighted by atomic mass is 9.87. The minimum absolute atomic E-state index is 0.324. The molecule has 3 heteroatoms. The number of carbonyl (C=O) groups is 1. The molecule has 0 aromatic carbocycles. The van der Waals surface area contributed by atoms with Crippen LogP contribution in [-0.2, 0) is 4.79 Å². The molecule has 1 aliphatic heterocycles. The Morgan fingerprint density at radius 2 is 2.21 bits per heavy atom. The maximum Gasteiger partial charge on any atom is 0.303 e. The summed E-state index contributed by atoms with van der Waals surface area (Å²) in [5, 5.41) is 8.79. The molecular formula is C11H21NO2. The second-order valence-electron chi connectivity index (χ2n) is 4.57. The molecule has 0 bridgehead atoms. The number of rotatable bonds is 3. The monoisotopic (exact) mass is 199 g/mol. The van der Waals surface area contributed by atoms with Crippen molar-refractivity contribution < 1.29 is 9.90 Å². The third-order valence-electron chi connectivity index (χ3n) is 3.30. The summed E-state index contributed by atoms with van der Waals surface area (Å²) < 4.78 is 0. The van der Waals surface area contributed by atoms with Gasteiger partial charge in [-0.3, -0.25) is 9.69 Å². The van der Waals surface area contributed by atoms with Crippen molar-refractivity contribution in [2.75, 3.05) is 6.54 Å². The SMILES string of the molecule is CC(C)N1CCC[C@H](CC(=O)O)[C@H]1C. The Labute approximate surface area is 86.1 Å². The van der Waals surface area contributed by atoms with Gasteiger partial charge in [0.2, 0.25) is 0 Å².